The Bertz CT molecular complexity index is 2060. The van der Waals surface area contributed by atoms with E-state index in [1.807, 2.05) is 56.3 Å². The molecule has 54 heavy (non-hydrogen) atoms. The number of hydrogen-bond donors (Lipinski definition) is 7. The number of carbonyl (C=O) groups excluding carboxylic acids is 2. The molecule has 4 aromatic rings. The number of nitrogens with zero attached hydrogens (tertiary/aromatic N) is 2. The van der Waals surface area contributed by atoms with E-state index >= 15 is 0 Å². The van der Waals surface area contributed by atoms with E-state index in [1.165, 1.54) is 0 Å². The van der Waals surface area contributed by atoms with Crippen molar-refractivity contribution in [1.29, 1.82) is 0 Å². The van der Waals surface area contributed by atoms with Gasteiger partial charge in [0.2, 0.25) is 0 Å². The van der Waals surface area contributed by atoms with Crippen LogP contribution >= 0.6 is 0 Å². The van der Waals surface area contributed by atoms with Crippen LogP contribution in [0.15, 0.2) is 60.9 Å². The number of carboxylic acid groups (broad SMARTS) is 1. The average molecular weight is 733 g/mol. The standard InChI is InChI=1S/C42H48N6O6/c1-23-29(6-3-8-33(23)47-40(51)36-16-31(25-12-13-25)27(19-44-36)18-43-35-10-5-11-39(35)50)30-7-4-9-34(24(30)2)48-41(52)37-17-32(26-14-15-26)28(20-45-37)21-46-38(22-49)42(53)54/h3-4,6-9,16-17,19-20,25-26,35,38-39,43,46,49-50H,5,10-15,18,21-22H2,1-2H3,(H,47,51)(H,48,52)(H,53,54)/t35-,38+,39-/m0/s1. The van der Waals surface area contributed by atoms with E-state index in [4.69, 9.17) is 0 Å². The third kappa shape index (κ3) is 8.37. The molecule has 7 N–H and O–H groups in total. The first-order valence-corrected chi connectivity index (χ1v) is 18.9. The number of carbonyl (C=O) groups is 3. The van der Waals surface area contributed by atoms with Gasteiger partial charge in [-0.15, -0.1) is 0 Å². The summed E-state index contributed by atoms with van der Waals surface area (Å²) in [5, 5.41) is 41.4. The lowest BCUT2D eigenvalue weighted by atomic mass is 9.94. The molecule has 12 heteroatoms. The summed E-state index contributed by atoms with van der Waals surface area (Å²) in [7, 11) is 0. The molecule has 3 saturated carbocycles. The molecule has 3 aliphatic rings. The van der Waals surface area contributed by atoms with Crippen LogP contribution in [0.1, 0.15) is 111 Å². The van der Waals surface area contributed by atoms with Gasteiger partial charge in [-0.2, -0.15) is 0 Å². The third-order valence-electron chi connectivity index (χ3n) is 11.1. The van der Waals surface area contributed by atoms with Crippen molar-refractivity contribution in [1.82, 2.24) is 20.6 Å². The molecule has 0 bridgehead atoms. The van der Waals surface area contributed by atoms with Gasteiger partial charge in [0.1, 0.15) is 17.4 Å². The van der Waals surface area contributed by atoms with Gasteiger partial charge in [0.05, 0.1) is 12.7 Å². The maximum absolute atomic E-state index is 13.6. The van der Waals surface area contributed by atoms with Crippen LogP contribution in [0.3, 0.4) is 0 Å². The molecular weight excluding hydrogens is 684 g/mol. The lowest BCUT2D eigenvalue weighted by molar-refractivity contribution is -0.140. The lowest BCUT2D eigenvalue weighted by Gasteiger charge is -2.18. The van der Waals surface area contributed by atoms with Gasteiger partial charge >= 0.3 is 5.97 Å². The number of benzene rings is 2. The van der Waals surface area contributed by atoms with E-state index in [-0.39, 0.29) is 42.1 Å². The Morgan fingerprint density at radius 3 is 1.72 bits per heavy atom. The highest BCUT2D eigenvalue weighted by atomic mass is 16.4. The Labute approximate surface area is 314 Å². The summed E-state index contributed by atoms with van der Waals surface area (Å²) >= 11 is 0. The highest BCUT2D eigenvalue weighted by Crippen LogP contribution is 2.43. The van der Waals surface area contributed by atoms with Gasteiger partial charge in [0.25, 0.3) is 11.8 Å². The Balaban J connectivity index is 1.05. The van der Waals surface area contributed by atoms with Gasteiger partial charge in [0.15, 0.2) is 0 Å². The fourth-order valence-electron chi connectivity index (χ4n) is 7.47. The smallest absolute Gasteiger partial charge is 0.323 e. The van der Waals surface area contributed by atoms with Crippen molar-refractivity contribution < 1.29 is 29.7 Å². The number of aliphatic carboxylic acids is 1. The SMILES string of the molecule is Cc1c(NC(=O)c2cc(C3CC3)c(CN[C@H]3CCC[C@@H]3O)cn2)cccc1-c1cccc(NC(=O)c2cc(C3CC3)c(CN[C@H](CO)C(=O)O)cn2)c1C. The molecule has 3 aliphatic carbocycles. The Kier molecular flexibility index (Phi) is 11.2. The largest absolute Gasteiger partial charge is 0.480 e. The molecular formula is C42H48N6O6. The van der Waals surface area contributed by atoms with Crippen LogP contribution in [0.25, 0.3) is 11.1 Å². The van der Waals surface area contributed by atoms with Crippen molar-refractivity contribution in [2.45, 2.75) is 102 Å². The molecule has 3 fully saturated rings. The number of carboxylic acids is 1. The molecule has 0 radical (unpaired) electrons. The summed E-state index contributed by atoms with van der Waals surface area (Å²) in [5.74, 6) is -1.07. The van der Waals surface area contributed by atoms with Crippen molar-refractivity contribution in [2.24, 2.45) is 0 Å². The van der Waals surface area contributed by atoms with E-state index in [9.17, 15) is 29.7 Å². The summed E-state index contributed by atoms with van der Waals surface area (Å²) in [5.41, 5.74) is 9.47. The van der Waals surface area contributed by atoms with Crippen molar-refractivity contribution >= 4 is 29.2 Å². The van der Waals surface area contributed by atoms with Crippen molar-refractivity contribution in [3.8, 4) is 11.1 Å². The first-order valence-electron chi connectivity index (χ1n) is 18.9. The molecule has 2 aromatic carbocycles. The van der Waals surface area contributed by atoms with E-state index in [0.717, 1.165) is 89.5 Å². The molecule has 2 amide bonds. The van der Waals surface area contributed by atoms with E-state index < -0.39 is 18.6 Å². The first-order chi connectivity index (χ1) is 26.1. The second-order valence-corrected chi connectivity index (χ2v) is 14.9. The summed E-state index contributed by atoms with van der Waals surface area (Å²) in [6.07, 6.45) is 10.0. The number of aromatic nitrogens is 2. The predicted molar refractivity (Wildman–Crippen MR) is 206 cm³/mol. The summed E-state index contributed by atoms with van der Waals surface area (Å²) in [6.45, 7) is 4.21. The molecule has 2 heterocycles. The quantitative estimate of drug-likeness (QED) is 0.0817. The van der Waals surface area contributed by atoms with Gasteiger partial charge < -0.3 is 31.3 Å². The average Bonchev–Trinajstić information content (AvgIpc) is 4.11. The normalized spacial score (nSPS) is 18.7. The first kappa shape index (κ1) is 37.3. The monoisotopic (exact) mass is 732 g/mol. The lowest BCUT2D eigenvalue weighted by Crippen LogP contribution is -2.39. The second kappa shape index (κ2) is 16.2. The van der Waals surface area contributed by atoms with Crippen LogP contribution in [0.2, 0.25) is 0 Å². The van der Waals surface area contributed by atoms with Gasteiger partial charge in [-0.1, -0.05) is 24.3 Å². The van der Waals surface area contributed by atoms with Crippen LogP contribution in [0, 0.1) is 13.8 Å². The van der Waals surface area contributed by atoms with Gasteiger partial charge in [0, 0.05) is 42.9 Å². The minimum atomic E-state index is -1.13. The molecule has 0 saturated heterocycles. The van der Waals surface area contributed by atoms with Crippen molar-refractivity contribution in [3.05, 3.63) is 106 Å². The molecule has 282 valence electrons. The molecule has 2 aromatic heterocycles. The molecule has 3 atom stereocenters. The Morgan fingerprint density at radius 2 is 1.28 bits per heavy atom. The molecule has 12 nitrogen and oxygen atoms in total. The van der Waals surface area contributed by atoms with E-state index in [2.05, 4.69) is 31.2 Å². The molecule has 7 rings (SSSR count). The highest BCUT2D eigenvalue weighted by molar-refractivity contribution is 6.05. The van der Waals surface area contributed by atoms with Gasteiger partial charge in [-0.05, 0) is 139 Å². The number of rotatable bonds is 15. The fourth-order valence-corrected chi connectivity index (χ4v) is 7.47. The van der Waals surface area contributed by atoms with Crippen molar-refractivity contribution in [2.75, 3.05) is 17.2 Å². The number of pyridine rings is 2. The summed E-state index contributed by atoms with van der Waals surface area (Å²) in [4.78, 5) is 47.4. The molecule has 0 unspecified atom stereocenters. The zero-order valence-corrected chi connectivity index (χ0v) is 30.7. The zero-order chi connectivity index (χ0) is 37.9. The minimum Gasteiger partial charge on any atom is -0.480 e. The number of aliphatic hydroxyl groups is 2. The van der Waals surface area contributed by atoms with Crippen LogP contribution in [0.4, 0.5) is 11.4 Å². The fraction of sp³-hybridized carbons (Fsp3) is 0.405. The number of amides is 2. The van der Waals surface area contributed by atoms with E-state index in [0.29, 0.717) is 29.5 Å². The van der Waals surface area contributed by atoms with Crippen LogP contribution < -0.4 is 21.3 Å². The number of nitrogens with one attached hydrogen (secondary N) is 4. The van der Waals surface area contributed by atoms with Crippen LogP contribution in [-0.2, 0) is 17.9 Å². The summed E-state index contributed by atoms with van der Waals surface area (Å²) in [6, 6.07) is 14.2. The van der Waals surface area contributed by atoms with Crippen LogP contribution in [0.5, 0.6) is 0 Å². The number of anilines is 2. The van der Waals surface area contributed by atoms with Gasteiger partial charge in [-0.3, -0.25) is 29.7 Å². The predicted octanol–water partition coefficient (Wildman–Crippen LogP) is 5.56. The van der Waals surface area contributed by atoms with Gasteiger partial charge in [-0.25, -0.2) is 0 Å². The third-order valence-corrected chi connectivity index (χ3v) is 11.1. The highest BCUT2D eigenvalue weighted by Gasteiger charge is 2.30. The molecule has 0 spiro atoms. The van der Waals surface area contributed by atoms with E-state index in [1.54, 1.807) is 18.5 Å². The minimum absolute atomic E-state index is 0.0927. The number of hydrogen-bond acceptors (Lipinski definition) is 9. The maximum atomic E-state index is 13.6. The van der Waals surface area contributed by atoms with Crippen LogP contribution in [-0.4, -0.2) is 67.9 Å². The Morgan fingerprint density at radius 1 is 0.759 bits per heavy atom. The zero-order valence-electron chi connectivity index (χ0n) is 30.7. The summed E-state index contributed by atoms with van der Waals surface area (Å²) < 4.78 is 0. The molecule has 0 aliphatic heterocycles. The maximum Gasteiger partial charge on any atom is 0.323 e. The Hall–Kier alpha value is -5.01. The second-order valence-electron chi connectivity index (χ2n) is 14.9. The van der Waals surface area contributed by atoms with Crippen molar-refractivity contribution in [3.63, 3.8) is 0 Å². The topological polar surface area (TPSA) is 186 Å². The number of aliphatic hydroxyl groups excluding tert-OH is 2.